The fourth-order valence-corrected chi connectivity index (χ4v) is 2.97. The van der Waals surface area contributed by atoms with Crippen molar-refractivity contribution in [3.05, 3.63) is 60.4 Å². The van der Waals surface area contributed by atoms with E-state index in [0.717, 1.165) is 16.7 Å². The van der Waals surface area contributed by atoms with Crippen LogP contribution in [0.15, 0.2) is 54.6 Å². The number of nitrogens with zero attached hydrogens (tertiary/aromatic N) is 3. The van der Waals surface area contributed by atoms with Gasteiger partial charge in [-0.1, -0.05) is 30.3 Å². The Morgan fingerprint density at radius 1 is 1.08 bits per heavy atom. The number of likely N-dealkylation sites (N-methyl/N-ethyl adjacent to an activating group) is 1. The number of imidazole rings is 1. The Kier molecular flexibility index (Phi) is 5.31. The van der Waals surface area contributed by atoms with Crippen molar-refractivity contribution in [2.75, 3.05) is 11.4 Å². The van der Waals surface area contributed by atoms with E-state index in [1.54, 1.807) is 4.90 Å². The van der Waals surface area contributed by atoms with E-state index in [-0.39, 0.29) is 24.9 Å². The Morgan fingerprint density at radius 3 is 2.46 bits per heavy atom. The fraction of sp³-hybridized carbons (Fsp3) is 0.250. The average molecular weight is 350 g/mol. The second-order valence-corrected chi connectivity index (χ2v) is 5.99. The molecule has 2 amide bonds. The number of carbonyl (C=O) groups is 2. The number of rotatable bonds is 6. The van der Waals surface area contributed by atoms with Crippen LogP contribution in [-0.2, 0) is 22.7 Å². The zero-order chi connectivity index (χ0) is 18.5. The van der Waals surface area contributed by atoms with Gasteiger partial charge in [-0.15, -0.1) is 0 Å². The number of para-hydroxylation sites is 3. The van der Waals surface area contributed by atoms with E-state index < -0.39 is 0 Å². The molecule has 0 saturated heterocycles. The summed E-state index contributed by atoms with van der Waals surface area (Å²) in [6, 6.07) is 17.3. The predicted molar refractivity (Wildman–Crippen MR) is 102 cm³/mol. The highest BCUT2D eigenvalue weighted by atomic mass is 16.2. The molecule has 6 heteroatoms. The highest BCUT2D eigenvalue weighted by Crippen LogP contribution is 2.18. The first-order chi connectivity index (χ1) is 12.6. The molecule has 1 heterocycles. The van der Waals surface area contributed by atoms with Gasteiger partial charge in [-0.3, -0.25) is 9.59 Å². The number of hydrogen-bond acceptors (Lipinski definition) is 3. The van der Waals surface area contributed by atoms with Crippen LogP contribution in [0.3, 0.4) is 0 Å². The van der Waals surface area contributed by atoms with Crippen LogP contribution >= 0.6 is 0 Å². The molecule has 3 aromatic rings. The van der Waals surface area contributed by atoms with E-state index in [2.05, 4.69) is 10.3 Å². The molecule has 1 aromatic heterocycles. The van der Waals surface area contributed by atoms with Gasteiger partial charge in [0.1, 0.15) is 12.4 Å². The summed E-state index contributed by atoms with van der Waals surface area (Å²) in [4.78, 5) is 30.6. The third kappa shape index (κ3) is 3.74. The summed E-state index contributed by atoms with van der Waals surface area (Å²) in [6.45, 7) is 4.45. The molecule has 26 heavy (non-hydrogen) atoms. The zero-order valence-electron chi connectivity index (χ0n) is 15.0. The number of nitrogens with one attached hydrogen (secondary N) is 1. The molecule has 0 unspecified atom stereocenters. The van der Waals surface area contributed by atoms with Gasteiger partial charge in [-0.05, 0) is 31.2 Å². The molecular weight excluding hydrogens is 328 g/mol. The number of amides is 2. The molecular formula is C20H22N4O2. The standard InChI is InChI=1S/C20H22N4O2/c1-3-23(16-9-5-4-6-10-16)20(26)14-24-18-12-8-7-11-17(18)22-19(24)13-21-15(2)25/h4-12H,3,13-14H2,1-2H3,(H,21,25). The second-order valence-electron chi connectivity index (χ2n) is 5.99. The largest absolute Gasteiger partial charge is 0.349 e. The minimum absolute atomic E-state index is 0.0223. The molecule has 0 radical (unpaired) electrons. The Balaban J connectivity index is 1.92. The van der Waals surface area contributed by atoms with Crippen LogP contribution in [0, 0.1) is 0 Å². The van der Waals surface area contributed by atoms with Gasteiger partial charge in [0.05, 0.1) is 17.6 Å². The smallest absolute Gasteiger partial charge is 0.246 e. The molecule has 0 fully saturated rings. The molecule has 0 aliphatic rings. The molecule has 6 nitrogen and oxygen atoms in total. The normalized spacial score (nSPS) is 10.7. The maximum atomic E-state index is 13.0. The number of fused-ring (bicyclic) bond motifs is 1. The first kappa shape index (κ1) is 17.7. The molecule has 0 aliphatic carbocycles. The molecule has 3 rings (SSSR count). The highest BCUT2D eigenvalue weighted by Gasteiger charge is 2.18. The SMILES string of the molecule is CCN(C(=O)Cn1c(CNC(C)=O)nc2ccccc21)c1ccccc1. The minimum Gasteiger partial charge on any atom is -0.349 e. The highest BCUT2D eigenvalue weighted by molar-refractivity contribution is 5.94. The van der Waals surface area contributed by atoms with Crippen LogP contribution in [0.2, 0.25) is 0 Å². The van der Waals surface area contributed by atoms with Crippen LogP contribution in [0.5, 0.6) is 0 Å². The van der Waals surface area contributed by atoms with Gasteiger partial charge in [-0.25, -0.2) is 4.98 Å². The zero-order valence-corrected chi connectivity index (χ0v) is 15.0. The maximum absolute atomic E-state index is 13.0. The third-order valence-corrected chi connectivity index (χ3v) is 4.21. The monoisotopic (exact) mass is 350 g/mol. The summed E-state index contributed by atoms with van der Waals surface area (Å²) >= 11 is 0. The summed E-state index contributed by atoms with van der Waals surface area (Å²) in [6.07, 6.45) is 0. The minimum atomic E-state index is -0.130. The third-order valence-electron chi connectivity index (χ3n) is 4.21. The first-order valence-electron chi connectivity index (χ1n) is 8.64. The van der Waals surface area contributed by atoms with Gasteiger partial charge in [-0.2, -0.15) is 0 Å². The van der Waals surface area contributed by atoms with Crippen molar-refractivity contribution in [2.45, 2.75) is 26.9 Å². The lowest BCUT2D eigenvalue weighted by Gasteiger charge is -2.22. The van der Waals surface area contributed by atoms with Gasteiger partial charge >= 0.3 is 0 Å². The maximum Gasteiger partial charge on any atom is 0.246 e. The number of carbonyl (C=O) groups excluding carboxylic acids is 2. The summed E-state index contributed by atoms with van der Waals surface area (Å²) < 4.78 is 1.87. The molecule has 0 aliphatic heterocycles. The summed E-state index contributed by atoms with van der Waals surface area (Å²) in [7, 11) is 0. The predicted octanol–water partition coefficient (Wildman–Crippen LogP) is 2.73. The van der Waals surface area contributed by atoms with Crippen LogP contribution < -0.4 is 10.2 Å². The second kappa shape index (κ2) is 7.82. The van der Waals surface area contributed by atoms with E-state index in [1.165, 1.54) is 6.92 Å². The van der Waals surface area contributed by atoms with Gasteiger partial charge in [0, 0.05) is 19.2 Å². The Labute approximate surface area is 152 Å². The van der Waals surface area contributed by atoms with Crippen molar-refractivity contribution in [1.82, 2.24) is 14.9 Å². The van der Waals surface area contributed by atoms with Gasteiger partial charge in [0.15, 0.2) is 0 Å². The van der Waals surface area contributed by atoms with Crippen molar-refractivity contribution in [3.63, 3.8) is 0 Å². The fourth-order valence-electron chi connectivity index (χ4n) is 2.97. The van der Waals surface area contributed by atoms with Crippen LogP contribution in [-0.4, -0.2) is 27.9 Å². The van der Waals surface area contributed by atoms with E-state index >= 15 is 0 Å². The Morgan fingerprint density at radius 2 is 1.77 bits per heavy atom. The van der Waals surface area contributed by atoms with E-state index in [0.29, 0.717) is 12.4 Å². The topological polar surface area (TPSA) is 67.2 Å². The Bertz CT molecular complexity index is 918. The van der Waals surface area contributed by atoms with Crippen molar-refractivity contribution < 1.29 is 9.59 Å². The van der Waals surface area contributed by atoms with Crippen LogP contribution in [0.4, 0.5) is 5.69 Å². The van der Waals surface area contributed by atoms with Crippen LogP contribution in [0.1, 0.15) is 19.7 Å². The number of anilines is 1. The molecule has 134 valence electrons. The molecule has 0 bridgehead atoms. The molecule has 0 saturated carbocycles. The van der Waals surface area contributed by atoms with Gasteiger partial charge < -0.3 is 14.8 Å². The van der Waals surface area contributed by atoms with E-state index in [9.17, 15) is 9.59 Å². The van der Waals surface area contributed by atoms with Gasteiger partial charge in [0.25, 0.3) is 0 Å². The molecule has 2 aromatic carbocycles. The quantitative estimate of drug-likeness (QED) is 0.743. The Hall–Kier alpha value is -3.15. The van der Waals surface area contributed by atoms with Crippen molar-refractivity contribution in [3.8, 4) is 0 Å². The number of aromatic nitrogens is 2. The summed E-state index contributed by atoms with van der Waals surface area (Å²) in [5.41, 5.74) is 2.56. The first-order valence-corrected chi connectivity index (χ1v) is 8.64. The lowest BCUT2D eigenvalue weighted by Crippen LogP contribution is -2.34. The lowest BCUT2D eigenvalue weighted by atomic mass is 10.2. The summed E-state index contributed by atoms with van der Waals surface area (Å²) in [5.74, 6) is 0.513. The molecule has 0 atom stereocenters. The molecule has 1 N–H and O–H groups in total. The van der Waals surface area contributed by atoms with Crippen molar-refractivity contribution in [1.29, 1.82) is 0 Å². The van der Waals surface area contributed by atoms with Crippen LogP contribution in [0.25, 0.3) is 11.0 Å². The number of benzene rings is 2. The van der Waals surface area contributed by atoms with Crippen molar-refractivity contribution >= 4 is 28.5 Å². The van der Waals surface area contributed by atoms with E-state index in [1.807, 2.05) is 66.1 Å². The molecule has 0 spiro atoms. The lowest BCUT2D eigenvalue weighted by molar-refractivity contribution is -0.119. The van der Waals surface area contributed by atoms with Gasteiger partial charge in [0.2, 0.25) is 11.8 Å². The van der Waals surface area contributed by atoms with E-state index in [4.69, 9.17) is 0 Å². The van der Waals surface area contributed by atoms with Crippen molar-refractivity contribution in [2.24, 2.45) is 0 Å². The number of hydrogen-bond donors (Lipinski definition) is 1. The summed E-state index contributed by atoms with van der Waals surface area (Å²) in [5, 5.41) is 2.76. The average Bonchev–Trinajstić information content (AvgIpc) is 2.99.